The molecule has 150 valence electrons. The molecule has 0 N–H and O–H groups in total. The Morgan fingerprint density at radius 1 is 1.14 bits per heavy atom. The summed E-state index contributed by atoms with van der Waals surface area (Å²) >= 11 is 0. The normalized spacial score (nSPS) is 19.8. The molecule has 0 spiro atoms. The number of hydrogen-bond donors (Lipinski definition) is 0. The van der Waals surface area contributed by atoms with Gasteiger partial charge in [-0.1, -0.05) is 31.5 Å². The third kappa shape index (κ3) is 4.05. The third-order valence-corrected chi connectivity index (χ3v) is 5.98. The number of carbonyl (C=O) groups is 1. The van der Waals surface area contributed by atoms with E-state index in [0.29, 0.717) is 0 Å². The number of piperidine rings is 1. The van der Waals surface area contributed by atoms with Crippen molar-refractivity contribution in [2.75, 3.05) is 19.7 Å². The molecule has 2 aliphatic rings. The van der Waals surface area contributed by atoms with E-state index in [0.717, 1.165) is 68.3 Å². The van der Waals surface area contributed by atoms with Gasteiger partial charge in [0.05, 0.1) is 0 Å². The van der Waals surface area contributed by atoms with Gasteiger partial charge in [-0.05, 0) is 43.7 Å². The molecule has 28 heavy (non-hydrogen) atoms. The van der Waals surface area contributed by atoms with Crippen LogP contribution in [0.1, 0.15) is 62.2 Å². The van der Waals surface area contributed by atoms with Gasteiger partial charge in [0.25, 0.3) is 5.91 Å². The third-order valence-electron chi connectivity index (χ3n) is 5.98. The van der Waals surface area contributed by atoms with Crippen LogP contribution in [0.4, 0.5) is 0 Å². The zero-order valence-corrected chi connectivity index (χ0v) is 16.8. The number of aryl methyl sites for hydroxylation is 2. The lowest BCUT2D eigenvalue weighted by molar-refractivity contribution is -0.134. The van der Waals surface area contributed by atoms with Crippen molar-refractivity contribution in [1.82, 2.24) is 19.7 Å². The van der Waals surface area contributed by atoms with Crippen molar-refractivity contribution in [2.24, 2.45) is 0 Å². The van der Waals surface area contributed by atoms with E-state index < -0.39 is 0 Å². The second kappa shape index (κ2) is 8.76. The summed E-state index contributed by atoms with van der Waals surface area (Å²) in [6.07, 6.45) is 7.64. The molecule has 1 atom stereocenters. The first kappa shape index (κ1) is 19.0. The molecule has 6 heteroatoms. The van der Waals surface area contributed by atoms with E-state index in [1.165, 1.54) is 19.3 Å². The molecular weight excluding hydrogens is 352 g/mol. The maximum absolute atomic E-state index is 12.8. The molecule has 1 aromatic heterocycles. The first-order chi connectivity index (χ1) is 13.8. The molecule has 1 unspecified atom stereocenters. The molecular formula is C22H30N4O2. The molecule has 1 aromatic carbocycles. The Morgan fingerprint density at radius 2 is 2.04 bits per heavy atom. The predicted octanol–water partition coefficient (Wildman–Crippen LogP) is 3.35. The fourth-order valence-electron chi connectivity index (χ4n) is 4.39. The minimum absolute atomic E-state index is 0.0613. The van der Waals surface area contributed by atoms with Crippen LogP contribution in [0.25, 0.3) is 0 Å². The van der Waals surface area contributed by atoms with Gasteiger partial charge in [-0.15, -0.1) is 10.2 Å². The Labute approximate surface area is 166 Å². The zero-order chi connectivity index (χ0) is 19.3. The van der Waals surface area contributed by atoms with Gasteiger partial charge in [0, 0.05) is 32.0 Å². The Kier molecular flexibility index (Phi) is 5.93. The minimum atomic E-state index is 0.0613. The number of rotatable bonds is 5. The Bertz CT molecular complexity index is 817. The van der Waals surface area contributed by atoms with Crippen molar-refractivity contribution in [2.45, 2.75) is 64.3 Å². The molecule has 1 saturated heterocycles. The molecule has 4 rings (SSSR count). The first-order valence-corrected chi connectivity index (χ1v) is 10.7. The molecule has 0 saturated carbocycles. The monoisotopic (exact) mass is 382 g/mol. The van der Waals surface area contributed by atoms with Gasteiger partial charge in [0.1, 0.15) is 17.4 Å². The smallest absolute Gasteiger partial charge is 0.260 e. The van der Waals surface area contributed by atoms with E-state index in [1.54, 1.807) is 0 Å². The van der Waals surface area contributed by atoms with Crippen LogP contribution in [0.15, 0.2) is 24.3 Å². The molecule has 0 aliphatic carbocycles. The molecule has 3 heterocycles. The largest absolute Gasteiger partial charge is 0.483 e. The number of aromatic nitrogens is 3. The van der Waals surface area contributed by atoms with Crippen molar-refractivity contribution in [3.8, 4) is 5.75 Å². The van der Waals surface area contributed by atoms with Crippen LogP contribution in [0.5, 0.6) is 5.75 Å². The second-order valence-corrected chi connectivity index (χ2v) is 7.87. The van der Waals surface area contributed by atoms with Crippen molar-refractivity contribution in [1.29, 1.82) is 0 Å². The van der Waals surface area contributed by atoms with Gasteiger partial charge in [-0.3, -0.25) is 4.79 Å². The quantitative estimate of drug-likeness (QED) is 0.796. The van der Waals surface area contributed by atoms with Crippen LogP contribution < -0.4 is 4.74 Å². The van der Waals surface area contributed by atoms with Gasteiger partial charge in [0.15, 0.2) is 6.61 Å². The first-order valence-electron chi connectivity index (χ1n) is 10.7. The average Bonchev–Trinajstić information content (AvgIpc) is 3.00. The lowest BCUT2D eigenvalue weighted by Gasteiger charge is -2.32. The summed E-state index contributed by atoms with van der Waals surface area (Å²) in [4.78, 5) is 14.7. The van der Waals surface area contributed by atoms with Crippen molar-refractivity contribution in [3.05, 3.63) is 41.5 Å². The predicted molar refractivity (Wildman–Crippen MR) is 107 cm³/mol. The summed E-state index contributed by atoms with van der Waals surface area (Å²) in [6.45, 7) is 4.73. The van der Waals surface area contributed by atoms with Crippen LogP contribution in [0, 0.1) is 0 Å². The van der Waals surface area contributed by atoms with E-state index in [4.69, 9.17) is 4.74 Å². The maximum Gasteiger partial charge on any atom is 0.260 e. The number of nitrogens with zero attached hydrogens (tertiary/aromatic N) is 4. The molecule has 6 nitrogen and oxygen atoms in total. The molecule has 1 amide bonds. The summed E-state index contributed by atoms with van der Waals surface area (Å²) in [5.74, 6) is 3.35. The number of benzene rings is 1. The van der Waals surface area contributed by atoms with Gasteiger partial charge >= 0.3 is 0 Å². The highest BCUT2D eigenvalue weighted by molar-refractivity contribution is 5.78. The summed E-state index contributed by atoms with van der Waals surface area (Å²) in [6, 6.07) is 7.95. The van der Waals surface area contributed by atoms with Crippen LogP contribution in [0.3, 0.4) is 0 Å². The Balaban J connectivity index is 1.40. The van der Waals surface area contributed by atoms with E-state index in [1.807, 2.05) is 29.2 Å². The van der Waals surface area contributed by atoms with Crippen molar-refractivity contribution >= 4 is 5.91 Å². The number of para-hydroxylation sites is 1. The number of hydrogen-bond acceptors (Lipinski definition) is 4. The molecule has 0 radical (unpaired) electrons. The van der Waals surface area contributed by atoms with Gasteiger partial charge in [-0.25, -0.2) is 0 Å². The fraction of sp³-hybridized carbons (Fsp3) is 0.591. The van der Waals surface area contributed by atoms with Crippen LogP contribution in [-0.4, -0.2) is 45.3 Å². The van der Waals surface area contributed by atoms with Crippen LogP contribution in [0.2, 0.25) is 0 Å². The number of likely N-dealkylation sites (tertiary alicyclic amines) is 1. The standard InChI is InChI=1S/C22H30N4O2/c1-2-17-9-5-6-11-19(17)28-16-21(27)25-13-8-10-18(15-25)22-24-23-20-12-4-3-7-14-26(20)22/h5-6,9,11,18H,2-4,7-8,10,12-16H2,1H3. The summed E-state index contributed by atoms with van der Waals surface area (Å²) in [7, 11) is 0. The maximum atomic E-state index is 12.8. The molecule has 1 fully saturated rings. The SMILES string of the molecule is CCc1ccccc1OCC(=O)N1CCCC(c2nnc3n2CCCCC3)C1. The summed E-state index contributed by atoms with van der Waals surface area (Å²) in [5, 5.41) is 8.96. The molecule has 2 aliphatic heterocycles. The number of amides is 1. The highest BCUT2D eigenvalue weighted by atomic mass is 16.5. The summed E-state index contributed by atoms with van der Waals surface area (Å²) in [5.41, 5.74) is 1.14. The fourth-order valence-corrected chi connectivity index (χ4v) is 4.39. The average molecular weight is 383 g/mol. The van der Waals surface area contributed by atoms with E-state index in [-0.39, 0.29) is 18.4 Å². The minimum Gasteiger partial charge on any atom is -0.483 e. The van der Waals surface area contributed by atoms with E-state index in [2.05, 4.69) is 21.7 Å². The molecule has 0 bridgehead atoms. The lowest BCUT2D eigenvalue weighted by atomic mass is 9.97. The topological polar surface area (TPSA) is 60.2 Å². The molecule has 2 aromatic rings. The number of fused-ring (bicyclic) bond motifs is 1. The number of carbonyl (C=O) groups excluding carboxylic acids is 1. The van der Waals surface area contributed by atoms with Crippen molar-refractivity contribution < 1.29 is 9.53 Å². The Morgan fingerprint density at radius 3 is 2.93 bits per heavy atom. The van der Waals surface area contributed by atoms with Gasteiger partial charge in [-0.2, -0.15) is 0 Å². The second-order valence-electron chi connectivity index (χ2n) is 7.87. The van der Waals surface area contributed by atoms with Gasteiger partial charge in [0.2, 0.25) is 0 Å². The van der Waals surface area contributed by atoms with Crippen LogP contribution >= 0.6 is 0 Å². The van der Waals surface area contributed by atoms with Crippen LogP contribution in [-0.2, 0) is 24.2 Å². The van der Waals surface area contributed by atoms with Gasteiger partial charge < -0.3 is 14.2 Å². The number of ether oxygens (including phenoxy) is 1. The van der Waals surface area contributed by atoms with Crippen molar-refractivity contribution in [3.63, 3.8) is 0 Å². The highest BCUT2D eigenvalue weighted by Crippen LogP contribution is 2.28. The highest BCUT2D eigenvalue weighted by Gasteiger charge is 2.29. The lowest BCUT2D eigenvalue weighted by Crippen LogP contribution is -2.42. The Hall–Kier alpha value is -2.37. The van der Waals surface area contributed by atoms with E-state index in [9.17, 15) is 4.79 Å². The zero-order valence-electron chi connectivity index (χ0n) is 16.8. The summed E-state index contributed by atoms with van der Waals surface area (Å²) < 4.78 is 8.17. The van der Waals surface area contributed by atoms with E-state index >= 15 is 0 Å².